The van der Waals surface area contributed by atoms with E-state index in [4.69, 9.17) is 32.7 Å². The lowest BCUT2D eigenvalue weighted by atomic mass is 10.2. The van der Waals surface area contributed by atoms with Gasteiger partial charge in [-0.1, -0.05) is 29.3 Å². The first-order valence-corrected chi connectivity index (χ1v) is 10.5. The molecule has 0 saturated heterocycles. The van der Waals surface area contributed by atoms with E-state index in [2.05, 4.69) is 26.6 Å². The zero-order valence-electron chi connectivity index (χ0n) is 15.9. The molecule has 0 aromatic heterocycles. The summed E-state index contributed by atoms with van der Waals surface area (Å²) in [6.45, 7) is 4.91. The predicted octanol–water partition coefficient (Wildman–Crippen LogP) is 4.40. The lowest BCUT2D eigenvalue weighted by Gasteiger charge is -2.15. The van der Waals surface area contributed by atoms with Crippen LogP contribution in [0.1, 0.15) is 18.1 Å². The van der Waals surface area contributed by atoms with E-state index in [1.807, 2.05) is 18.2 Å². The van der Waals surface area contributed by atoms with E-state index >= 15 is 0 Å². The van der Waals surface area contributed by atoms with Gasteiger partial charge in [0.25, 0.3) is 0 Å². The molecule has 0 aliphatic rings. The highest BCUT2D eigenvalue weighted by atomic mass is 79.9. The summed E-state index contributed by atoms with van der Waals surface area (Å²) in [5, 5.41) is 16.9. The van der Waals surface area contributed by atoms with Crippen LogP contribution in [0.5, 0.6) is 11.5 Å². The van der Waals surface area contributed by atoms with Crippen molar-refractivity contribution in [1.29, 1.82) is 0 Å². The monoisotopic (exact) mass is 490 g/mol. The average Bonchev–Trinajstić information content (AvgIpc) is 2.64. The van der Waals surface area contributed by atoms with Crippen molar-refractivity contribution >= 4 is 39.1 Å². The number of halogens is 3. The minimum Gasteiger partial charge on any atom is -0.493 e. The molecule has 28 heavy (non-hydrogen) atoms. The third kappa shape index (κ3) is 7.43. The van der Waals surface area contributed by atoms with Crippen LogP contribution in [-0.4, -0.2) is 38.0 Å². The van der Waals surface area contributed by atoms with Gasteiger partial charge in [-0.15, -0.1) is 0 Å². The summed E-state index contributed by atoms with van der Waals surface area (Å²) in [5.41, 5.74) is 1.91. The summed E-state index contributed by atoms with van der Waals surface area (Å²) in [5.74, 6) is 1.26. The second kappa shape index (κ2) is 11.9. The number of nitrogens with one attached hydrogen (secondary N) is 2. The summed E-state index contributed by atoms with van der Waals surface area (Å²) < 4.78 is 12.3. The van der Waals surface area contributed by atoms with Gasteiger partial charge in [0.2, 0.25) is 0 Å². The zero-order valence-corrected chi connectivity index (χ0v) is 19.0. The van der Waals surface area contributed by atoms with E-state index in [0.29, 0.717) is 41.2 Å². The Hall–Kier alpha value is -1.02. The Bertz CT molecular complexity index is 775. The average molecular weight is 492 g/mol. The predicted molar refractivity (Wildman–Crippen MR) is 118 cm³/mol. The Balaban J connectivity index is 1.94. The van der Waals surface area contributed by atoms with Crippen LogP contribution >= 0.6 is 39.1 Å². The van der Waals surface area contributed by atoms with Crippen LogP contribution in [0.4, 0.5) is 0 Å². The molecule has 0 heterocycles. The Labute approximate surface area is 184 Å². The first kappa shape index (κ1) is 23.3. The van der Waals surface area contributed by atoms with Crippen LogP contribution in [0.3, 0.4) is 0 Å². The molecule has 0 fully saturated rings. The molecule has 0 aliphatic heterocycles. The standard InChI is InChI=1S/C20H25BrCl2N2O3/c1-13(26)10-24-5-6-25-11-14-7-17(21)20(19(8-14)27-2)28-12-15-3-4-16(22)9-18(15)23/h3-4,7-9,13,24-26H,5-6,10-12H2,1-2H3/t13-/m0/s1. The fourth-order valence-electron chi connectivity index (χ4n) is 2.52. The number of methoxy groups -OCH3 is 1. The molecule has 2 aromatic carbocycles. The lowest BCUT2D eigenvalue weighted by Crippen LogP contribution is -2.31. The number of ether oxygens (including phenoxy) is 2. The van der Waals surface area contributed by atoms with Crippen molar-refractivity contribution in [3.63, 3.8) is 0 Å². The van der Waals surface area contributed by atoms with Crippen LogP contribution in [0.15, 0.2) is 34.8 Å². The van der Waals surface area contributed by atoms with E-state index in [-0.39, 0.29) is 6.10 Å². The molecule has 0 unspecified atom stereocenters. The molecule has 2 rings (SSSR count). The van der Waals surface area contributed by atoms with Crippen molar-refractivity contribution in [3.8, 4) is 11.5 Å². The summed E-state index contributed by atoms with van der Waals surface area (Å²) in [7, 11) is 1.61. The van der Waals surface area contributed by atoms with Crippen molar-refractivity contribution in [2.45, 2.75) is 26.2 Å². The Morgan fingerprint density at radius 1 is 1.14 bits per heavy atom. The van der Waals surface area contributed by atoms with Crippen molar-refractivity contribution in [2.75, 3.05) is 26.7 Å². The SMILES string of the molecule is COc1cc(CNCCNC[C@H](C)O)cc(Br)c1OCc1ccc(Cl)cc1Cl. The lowest BCUT2D eigenvalue weighted by molar-refractivity contribution is 0.191. The zero-order chi connectivity index (χ0) is 20.5. The summed E-state index contributed by atoms with van der Waals surface area (Å²) in [6.07, 6.45) is -0.337. The third-order valence-corrected chi connectivity index (χ3v) is 5.10. The molecule has 0 spiro atoms. The van der Waals surface area contributed by atoms with Gasteiger partial charge >= 0.3 is 0 Å². The van der Waals surface area contributed by atoms with Crippen molar-refractivity contribution in [2.24, 2.45) is 0 Å². The first-order chi connectivity index (χ1) is 13.4. The maximum Gasteiger partial charge on any atom is 0.175 e. The van der Waals surface area contributed by atoms with Gasteiger partial charge in [0, 0.05) is 41.8 Å². The number of hydrogen-bond acceptors (Lipinski definition) is 5. The minimum atomic E-state index is -0.337. The molecular weight excluding hydrogens is 467 g/mol. The van der Waals surface area contributed by atoms with Crippen LogP contribution in [0.2, 0.25) is 10.0 Å². The van der Waals surface area contributed by atoms with Gasteiger partial charge in [0.15, 0.2) is 11.5 Å². The Kier molecular flexibility index (Phi) is 9.85. The van der Waals surface area contributed by atoms with Crippen LogP contribution in [0.25, 0.3) is 0 Å². The molecule has 0 aliphatic carbocycles. The van der Waals surface area contributed by atoms with Gasteiger partial charge in [0.05, 0.1) is 17.7 Å². The third-order valence-electron chi connectivity index (χ3n) is 3.92. The van der Waals surface area contributed by atoms with E-state index in [1.165, 1.54) is 0 Å². The highest BCUT2D eigenvalue weighted by molar-refractivity contribution is 9.10. The highest BCUT2D eigenvalue weighted by Gasteiger charge is 2.13. The van der Waals surface area contributed by atoms with Crippen LogP contribution in [0, 0.1) is 0 Å². The number of aliphatic hydroxyl groups excluding tert-OH is 1. The van der Waals surface area contributed by atoms with Gasteiger partial charge in [0.1, 0.15) is 6.61 Å². The molecule has 8 heteroatoms. The van der Waals surface area contributed by atoms with Crippen LogP contribution in [-0.2, 0) is 13.2 Å². The van der Waals surface area contributed by atoms with Crippen molar-refractivity contribution in [1.82, 2.24) is 10.6 Å². The molecule has 0 amide bonds. The molecule has 1 atom stereocenters. The fraction of sp³-hybridized carbons (Fsp3) is 0.400. The molecule has 5 nitrogen and oxygen atoms in total. The molecule has 2 aromatic rings. The highest BCUT2D eigenvalue weighted by Crippen LogP contribution is 2.37. The molecule has 0 saturated carbocycles. The van der Waals surface area contributed by atoms with Gasteiger partial charge < -0.3 is 25.2 Å². The normalized spacial score (nSPS) is 12.1. The number of rotatable bonds is 11. The summed E-state index contributed by atoms with van der Waals surface area (Å²) in [4.78, 5) is 0. The maximum absolute atomic E-state index is 9.22. The largest absolute Gasteiger partial charge is 0.493 e. The molecule has 3 N–H and O–H groups in total. The molecule has 154 valence electrons. The van der Waals surface area contributed by atoms with Crippen molar-refractivity contribution in [3.05, 3.63) is 56.0 Å². The maximum atomic E-state index is 9.22. The molecule has 0 bridgehead atoms. The van der Waals surface area contributed by atoms with E-state index in [1.54, 1.807) is 26.2 Å². The van der Waals surface area contributed by atoms with Crippen molar-refractivity contribution < 1.29 is 14.6 Å². The minimum absolute atomic E-state index is 0.303. The summed E-state index contributed by atoms with van der Waals surface area (Å²) >= 11 is 15.7. The van der Waals surface area contributed by atoms with E-state index in [0.717, 1.165) is 28.7 Å². The number of benzene rings is 2. The van der Waals surface area contributed by atoms with Crippen LogP contribution < -0.4 is 20.1 Å². The van der Waals surface area contributed by atoms with Gasteiger partial charge in [-0.25, -0.2) is 0 Å². The fourth-order valence-corrected chi connectivity index (χ4v) is 3.59. The van der Waals surface area contributed by atoms with Gasteiger partial charge in [-0.3, -0.25) is 0 Å². The van der Waals surface area contributed by atoms with Gasteiger partial charge in [-0.2, -0.15) is 0 Å². The molecule has 0 radical (unpaired) electrons. The Morgan fingerprint density at radius 3 is 2.57 bits per heavy atom. The quantitative estimate of drug-likeness (QED) is 0.406. The smallest absolute Gasteiger partial charge is 0.175 e. The number of hydrogen-bond donors (Lipinski definition) is 3. The second-order valence-electron chi connectivity index (χ2n) is 6.36. The topological polar surface area (TPSA) is 62.8 Å². The molecular formula is C20H25BrCl2N2O3. The second-order valence-corrected chi connectivity index (χ2v) is 8.06. The Morgan fingerprint density at radius 2 is 1.89 bits per heavy atom. The first-order valence-electron chi connectivity index (χ1n) is 8.93. The number of aliphatic hydroxyl groups is 1. The van der Waals surface area contributed by atoms with E-state index in [9.17, 15) is 5.11 Å². The van der Waals surface area contributed by atoms with E-state index < -0.39 is 0 Å². The van der Waals surface area contributed by atoms with Gasteiger partial charge in [-0.05, 0) is 52.7 Å². The summed E-state index contributed by atoms with van der Waals surface area (Å²) in [6, 6.07) is 9.26.